The molecule has 3 aliphatic heterocycles. The van der Waals surface area contributed by atoms with E-state index in [9.17, 15) is 14.7 Å². The quantitative estimate of drug-likeness (QED) is 0.0491. The Morgan fingerprint density at radius 1 is 0.474 bits per heavy atom. The molecule has 97 heavy (non-hydrogen) atoms. The molecule has 4 aromatic carbocycles. The number of halogens is 2. The van der Waals surface area contributed by atoms with Crippen molar-refractivity contribution in [3.8, 4) is 68.6 Å². The van der Waals surface area contributed by atoms with Crippen molar-refractivity contribution in [2.75, 3.05) is 161 Å². The van der Waals surface area contributed by atoms with Crippen LogP contribution in [0.2, 0.25) is 0 Å². The van der Waals surface area contributed by atoms with Gasteiger partial charge in [-0.25, -0.2) is 0 Å². The van der Waals surface area contributed by atoms with Crippen LogP contribution in [0.15, 0.2) is 164 Å². The molecule has 23 nitrogen and oxygen atoms in total. The molecule has 0 unspecified atom stereocenters. The molecule has 3 aliphatic rings. The van der Waals surface area contributed by atoms with Crippen LogP contribution in [0.3, 0.4) is 0 Å². The largest absolute Gasteiger partial charge is 0.508 e. The number of aromatic nitrogens is 3. The minimum absolute atomic E-state index is 0. The highest BCUT2D eigenvalue weighted by molar-refractivity contribution is 6.17. The zero-order valence-corrected chi connectivity index (χ0v) is 57.5. The van der Waals surface area contributed by atoms with E-state index in [2.05, 4.69) is 44.8 Å². The molecule has 0 aliphatic carbocycles. The Morgan fingerprint density at radius 3 is 1.27 bits per heavy atom. The number of ether oxygens (including phenoxy) is 7. The van der Waals surface area contributed by atoms with Gasteiger partial charge in [0, 0.05) is 171 Å². The average Bonchev–Trinajstić information content (AvgIpc) is 0.837. The van der Waals surface area contributed by atoms with Crippen LogP contribution in [0.5, 0.6) is 46.0 Å². The van der Waals surface area contributed by atoms with Crippen LogP contribution in [-0.4, -0.2) is 215 Å². The molecule has 3 fully saturated rings. The van der Waals surface area contributed by atoms with Gasteiger partial charge in [-0.15, -0.1) is 24.0 Å². The summed E-state index contributed by atoms with van der Waals surface area (Å²) in [6.07, 6.45) is 5.15. The van der Waals surface area contributed by atoms with Crippen molar-refractivity contribution < 1.29 is 57.3 Å². The number of nitrogens with zero attached hydrogens (tertiary/aromatic N) is 8. The predicted octanol–water partition coefficient (Wildman–Crippen LogP) is 8.59. The molecule has 9 aromatic rings. The maximum atomic E-state index is 12.4. The molecule has 0 atom stereocenters. The number of alkyl halides is 1. The first-order valence-corrected chi connectivity index (χ1v) is 32.3. The molecule has 0 amide bonds. The fourth-order valence-electron chi connectivity index (χ4n) is 11.0. The zero-order valence-electron chi connectivity index (χ0n) is 55.9. The predicted molar refractivity (Wildman–Crippen MR) is 379 cm³/mol. The highest BCUT2D eigenvalue weighted by atomic mass is 35.5. The standard InChI is InChI=1S/C29H31N3O5.C15H10O3.C14H23N3O3.C8H10ClNO2.C6H14N2O.ClH/c1-34-27-11-12-30-24(29(27)35-2)20-32-15-13-31(14-16-32)17-18-36-22-9-7-21(8-10-22)28-19-25(33)23-5-3-4-6-26(23)37-28;16-11-7-5-10(6-8-11)15-9-13(17)12-3-1-2-4-14(12)18-15;1-19-13-3-4-15-12(14(13)20-2)11-17-7-5-16(6-8-17)9-10-18;1-11-7-3-4-10-6(5-9)8(7)12-2;9-6-5-8-3-1-7-2-4-8;/h3-12,19H,13-18,20H2,1-2H3;1-9,16H;3-4,18H,5-11H2,1-2H3;3-4H,5H2,1-2H3;7,9H,1-6H2;1H. The summed E-state index contributed by atoms with van der Waals surface area (Å²) < 4.78 is 49.4. The van der Waals surface area contributed by atoms with Crippen LogP contribution in [0.1, 0.15) is 17.1 Å². The van der Waals surface area contributed by atoms with E-state index < -0.39 is 0 Å². The number of rotatable bonds is 21. The lowest BCUT2D eigenvalue weighted by Gasteiger charge is -2.34. The zero-order chi connectivity index (χ0) is 68.0. The van der Waals surface area contributed by atoms with Crippen LogP contribution in [0, 0.1) is 0 Å². The third-order valence-electron chi connectivity index (χ3n) is 16.2. The van der Waals surface area contributed by atoms with E-state index in [-0.39, 0.29) is 35.6 Å². The molecule has 3 saturated heterocycles. The number of fused-ring (bicyclic) bond motifs is 2. The molecule has 5 aromatic heterocycles. The molecular formula is C72H89Cl2N9O14. The molecule has 0 spiro atoms. The minimum atomic E-state index is -0.0695. The molecule has 12 rings (SSSR count). The Balaban J connectivity index is 0.000000187. The topological polar surface area (TPSA) is 253 Å². The summed E-state index contributed by atoms with van der Waals surface area (Å²) in [6.45, 7) is 17.1. The number of methoxy groups -OCH3 is 6. The highest BCUT2D eigenvalue weighted by Gasteiger charge is 2.22. The van der Waals surface area contributed by atoms with Crippen molar-refractivity contribution in [3.05, 3.63) is 184 Å². The first-order valence-electron chi connectivity index (χ1n) is 31.8. The summed E-state index contributed by atoms with van der Waals surface area (Å²) in [5.74, 6) is 6.45. The summed E-state index contributed by atoms with van der Waals surface area (Å²) in [4.78, 5) is 48.9. The number of aliphatic hydroxyl groups excluding tert-OH is 2. The number of β-amino-alcohol motifs (C(OH)–C–C–N with tert-alkyl or cyclic N) is 2. The summed E-state index contributed by atoms with van der Waals surface area (Å²) in [7, 11) is 9.71. The van der Waals surface area contributed by atoms with Gasteiger partial charge in [0.25, 0.3) is 0 Å². The lowest BCUT2D eigenvalue weighted by atomic mass is 10.1. The van der Waals surface area contributed by atoms with Crippen molar-refractivity contribution in [3.63, 3.8) is 0 Å². The first kappa shape index (κ1) is 75.8. The molecule has 4 N–H and O–H groups in total. The third kappa shape index (κ3) is 22.2. The Kier molecular flexibility index (Phi) is 31.4. The van der Waals surface area contributed by atoms with Gasteiger partial charge in [0.2, 0.25) is 0 Å². The van der Waals surface area contributed by atoms with Gasteiger partial charge < -0.3 is 62.6 Å². The van der Waals surface area contributed by atoms with Crippen LogP contribution < -0.4 is 49.3 Å². The number of benzene rings is 4. The number of para-hydroxylation sites is 2. The second-order valence-corrected chi connectivity index (χ2v) is 22.5. The SMILES string of the molecule is COc1ccnc(CCl)c1OC.COc1ccnc(CN2CCN(CCO)CC2)c1OC.COc1ccnc(CN2CCN(CCOc3ccc(-c4cc(=O)c5ccccc5o4)cc3)CC2)c1OC.Cl.O=c1cc(-c2ccc(O)cc2)oc2ccccc12.OCCN1CCNCC1. The lowest BCUT2D eigenvalue weighted by molar-refractivity contribution is 0.107. The molecule has 25 heteroatoms. The number of phenolic OH excluding ortho intramolecular Hbond substituents is 1. The normalized spacial score (nSPS) is 14.3. The van der Waals surface area contributed by atoms with Crippen molar-refractivity contribution in [1.82, 2.24) is 44.8 Å². The Hall–Kier alpha value is -8.59. The lowest BCUT2D eigenvalue weighted by Crippen LogP contribution is -2.47. The van der Waals surface area contributed by atoms with Crippen molar-refractivity contribution in [2.24, 2.45) is 0 Å². The van der Waals surface area contributed by atoms with E-state index >= 15 is 0 Å². The summed E-state index contributed by atoms with van der Waals surface area (Å²) in [6, 6.07) is 37.0. The molecule has 0 bridgehead atoms. The van der Waals surface area contributed by atoms with Crippen LogP contribution in [0.25, 0.3) is 44.6 Å². The smallest absolute Gasteiger partial charge is 0.193 e. The highest BCUT2D eigenvalue weighted by Crippen LogP contribution is 2.33. The van der Waals surface area contributed by atoms with Crippen molar-refractivity contribution in [2.45, 2.75) is 19.0 Å². The fourth-order valence-corrected chi connectivity index (χ4v) is 11.2. The van der Waals surface area contributed by atoms with Gasteiger partial charge >= 0.3 is 0 Å². The van der Waals surface area contributed by atoms with Crippen LogP contribution in [0.4, 0.5) is 0 Å². The van der Waals surface area contributed by atoms with Crippen LogP contribution >= 0.6 is 24.0 Å². The number of phenols is 1. The molecular weight excluding hydrogens is 1290 g/mol. The minimum Gasteiger partial charge on any atom is -0.508 e. The molecule has 0 radical (unpaired) electrons. The number of hydrogen-bond acceptors (Lipinski definition) is 23. The van der Waals surface area contributed by atoms with Gasteiger partial charge in [0.1, 0.15) is 57.9 Å². The second-order valence-electron chi connectivity index (χ2n) is 22.2. The molecule has 8 heterocycles. The summed E-state index contributed by atoms with van der Waals surface area (Å²) >= 11 is 5.64. The summed E-state index contributed by atoms with van der Waals surface area (Å²) in [5.41, 5.74) is 5.13. The molecule has 520 valence electrons. The van der Waals surface area contributed by atoms with Gasteiger partial charge in [0.15, 0.2) is 45.4 Å². The Labute approximate surface area is 577 Å². The summed E-state index contributed by atoms with van der Waals surface area (Å²) in [5, 5.41) is 31.1. The molecule has 0 saturated carbocycles. The number of hydrogen-bond donors (Lipinski definition) is 4. The Morgan fingerprint density at radius 2 is 0.856 bits per heavy atom. The Bertz CT molecular complexity index is 3900. The van der Waals surface area contributed by atoms with E-state index in [4.69, 9.17) is 63.8 Å². The van der Waals surface area contributed by atoms with Gasteiger partial charge in [-0.3, -0.25) is 49.0 Å². The van der Waals surface area contributed by atoms with E-state index in [1.807, 2.05) is 60.7 Å². The number of piperazine rings is 3. The van der Waals surface area contributed by atoms with Gasteiger partial charge in [-0.1, -0.05) is 24.3 Å². The van der Waals surface area contributed by atoms with E-state index in [1.54, 1.807) is 116 Å². The van der Waals surface area contributed by atoms with Gasteiger partial charge in [-0.05, 0) is 72.8 Å². The fraction of sp³-hybridized carbons (Fsp3) is 0.375. The van der Waals surface area contributed by atoms with E-state index in [1.165, 1.54) is 12.1 Å². The maximum Gasteiger partial charge on any atom is 0.193 e. The van der Waals surface area contributed by atoms with Crippen LogP contribution in [-0.2, 0) is 19.0 Å². The number of aliphatic hydroxyl groups is 2. The number of pyridine rings is 3. The average molecular weight is 1380 g/mol. The van der Waals surface area contributed by atoms with Gasteiger partial charge in [0.05, 0.1) is 72.5 Å². The van der Waals surface area contributed by atoms with Crippen molar-refractivity contribution in [1.29, 1.82) is 0 Å². The van der Waals surface area contributed by atoms with E-state index in [0.29, 0.717) is 87.0 Å². The second kappa shape index (κ2) is 40.2. The first-order chi connectivity index (χ1) is 46.9. The van der Waals surface area contributed by atoms with E-state index in [0.717, 1.165) is 145 Å². The third-order valence-corrected chi connectivity index (χ3v) is 16.4. The van der Waals surface area contributed by atoms with Crippen molar-refractivity contribution >= 4 is 45.9 Å². The number of aromatic hydroxyl groups is 1. The number of nitrogens with one attached hydrogen (secondary N) is 1. The van der Waals surface area contributed by atoms with Gasteiger partial charge in [-0.2, -0.15) is 0 Å². The monoisotopic (exact) mass is 1370 g/mol. The maximum absolute atomic E-state index is 12.4.